The van der Waals surface area contributed by atoms with Crippen molar-refractivity contribution in [3.05, 3.63) is 0 Å². The number of rotatable bonds is 4. The van der Waals surface area contributed by atoms with Gasteiger partial charge in [-0.05, 0) is 76.8 Å². The Balaban J connectivity index is 0.00000170. The number of amides is 4. The molecule has 3 aliphatic heterocycles. The molecule has 0 bridgehead atoms. The highest BCUT2D eigenvalue weighted by molar-refractivity contribution is 5.92. The molecule has 222 valence electrons. The number of nitrogens with one attached hydrogen (secondary N) is 3. The number of carbonyl (C=O) groups is 5. The maximum absolute atomic E-state index is 13.2. The lowest BCUT2D eigenvalue weighted by Gasteiger charge is -2.44. The molecule has 0 aromatic heterocycles. The zero-order chi connectivity index (χ0) is 28.8. The molecule has 3 saturated heterocycles. The molecule has 3 aliphatic rings. The molecular weight excluding hydrogens is 502 g/mol. The standard InChI is InChI=1S/C27H47N5O4.CH2O2/c1-19(2)25-27(36)28-14-8-18-32(17-7-11-23(33)29-20(3)26(35)30-25)24(34)13-12-21-9-6-16-31-15-5-4-10-22(21)31;2-1-3/h19-22,25H,4-18H2,1-3H3,(H,28,36)(H,29,33)(H,30,35);1H,(H,2,3)/t20-,21+,22-,25-;/m1./s1. The normalized spacial score (nSPS) is 27.9. The Kier molecular flexibility index (Phi) is 14.3. The first-order chi connectivity index (χ1) is 18.7. The van der Waals surface area contributed by atoms with Gasteiger partial charge in [0.15, 0.2) is 0 Å². The van der Waals surface area contributed by atoms with Crippen LogP contribution >= 0.6 is 0 Å². The van der Waals surface area contributed by atoms with E-state index in [2.05, 4.69) is 20.9 Å². The Bertz CT molecular complexity index is 820. The van der Waals surface area contributed by atoms with Gasteiger partial charge in [0.25, 0.3) is 6.47 Å². The molecule has 3 heterocycles. The van der Waals surface area contributed by atoms with Crippen molar-refractivity contribution in [2.75, 3.05) is 32.7 Å². The second-order valence-corrected chi connectivity index (χ2v) is 11.3. The van der Waals surface area contributed by atoms with E-state index in [-0.39, 0.29) is 42.4 Å². The van der Waals surface area contributed by atoms with Crippen molar-refractivity contribution in [3.63, 3.8) is 0 Å². The molecule has 0 unspecified atom stereocenters. The molecule has 0 radical (unpaired) electrons. The number of carbonyl (C=O) groups excluding carboxylic acids is 4. The van der Waals surface area contributed by atoms with Gasteiger partial charge in [-0.25, -0.2) is 0 Å². The number of carboxylic acid groups (broad SMARTS) is 1. The van der Waals surface area contributed by atoms with E-state index in [1.54, 1.807) is 6.92 Å². The van der Waals surface area contributed by atoms with E-state index in [0.717, 1.165) is 6.42 Å². The predicted octanol–water partition coefficient (Wildman–Crippen LogP) is 1.51. The second-order valence-electron chi connectivity index (χ2n) is 11.3. The Labute approximate surface area is 232 Å². The van der Waals surface area contributed by atoms with Gasteiger partial charge >= 0.3 is 0 Å². The van der Waals surface area contributed by atoms with Crippen molar-refractivity contribution in [1.82, 2.24) is 25.8 Å². The first kappa shape index (κ1) is 32.5. The van der Waals surface area contributed by atoms with Gasteiger partial charge < -0.3 is 30.9 Å². The molecule has 11 heteroatoms. The van der Waals surface area contributed by atoms with Gasteiger partial charge in [0.1, 0.15) is 12.1 Å². The number of nitrogens with zero attached hydrogens (tertiary/aromatic N) is 2. The van der Waals surface area contributed by atoms with Crippen molar-refractivity contribution >= 4 is 30.1 Å². The second kappa shape index (κ2) is 17.1. The fourth-order valence-corrected chi connectivity index (χ4v) is 5.96. The van der Waals surface area contributed by atoms with Crippen LogP contribution in [-0.2, 0) is 24.0 Å². The number of hydrogen-bond donors (Lipinski definition) is 4. The minimum absolute atomic E-state index is 0.0921. The maximum Gasteiger partial charge on any atom is 0.290 e. The molecule has 3 fully saturated rings. The highest BCUT2D eigenvalue weighted by Crippen LogP contribution is 2.33. The van der Waals surface area contributed by atoms with Crippen LogP contribution in [0.2, 0.25) is 0 Å². The highest BCUT2D eigenvalue weighted by atomic mass is 16.3. The zero-order valence-electron chi connectivity index (χ0n) is 24.0. The van der Waals surface area contributed by atoms with Gasteiger partial charge in [-0.2, -0.15) is 0 Å². The van der Waals surface area contributed by atoms with Gasteiger partial charge in [-0.1, -0.05) is 20.3 Å². The third-order valence-corrected chi connectivity index (χ3v) is 8.06. The van der Waals surface area contributed by atoms with Crippen molar-refractivity contribution in [1.29, 1.82) is 0 Å². The van der Waals surface area contributed by atoms with E-state index in [4.69, 9.17) is 9.90 Å². The predicted molar refractivity (Wildman–Crippen MR) is 148 cm³/mol. The molecule has 4 N–H and O–H groups in total. The monoisotopic (exact) mass is 551 g/mol. The fraction of sp³-hybridized carbons (Fsp3) is 0.821. The van der Waals surface area contributed by atoms with Crippen LogP contribution in [0.5, 0.6) is 0 Å². The van der Waals surface area contributed by atoms with Crippen molar-refractivity contribution in [2.45, 2.75) is 103 Å². The summed E-state index contributed by atoms with van der Waals surface area (Å²) in [5, 5.41) is 15.3. The lowest BCUT2D eigenvalue weighted by Crippen LogP contribution is -2.54. The Morgan fingerprint density at radius 3 is 2.38 bits per heavy atom. The first-order valence-corrected chi connectivity index (χ1v) is 14.6. The van der Waals surface area contributed by atoms with Crippen molar-refractivity contribution < 1.29 is 29.1 Å². The summed E-state index contributed by atoms with van der Waals surface area (Å²) >= 11 is 0. The minimum atomic E-state index is -0.732. The number of fused-ring (bicyclic) bond motifs is 1. The quantitative estimate of drug-likeness (QED) is 0.387. The molecule has 0 aromatic rings. The molecule has 0 saturated carbocycles. The zero-order valence-corrected chi connectivity index (χ0v) is 24.0. The Morgan fingerprint density at radius 1 is 0.974 bits per heavy atom. The van der Waals surface area contributed by atoms with E-state index in [0.29, 0.717) is 50.9 Å². The van der Waals surface area contributed by atoms with Gasteiger partial charge in [-0.15, -0.1) is 0 Å². The molecule has 39 heavy (non-hydrogen) atoms. The highest BCUT2D eigenvalue weighted by Gasteiger charge is 2.33. The van der Waals surface area contributed by atoms with Crippen LogP contribution in [0, 0.1) is 11.8 Å². The van der Waals surface area contributed by atoms with Crippen LogP contribution in [0.4, 0.5) is 0 Å². The van der Waals surface area contributed by atoms with Crippen LogP contribution in [0.25, 0.3) is 0 Å². The van der Waals surface area contributed by atoms with Crippen LogP contribution in [0.3, 0.4) is 0 Å². The van der Waals surface area contributed by atoms with Gasteiger partial charge in [0, 0.05) is 38.5 Å². The molecule has 0 spiro atoms. The summed E-state index contributed by atoms with van der Waals surface area (Å²) in [5.41, 5.74) is 0. The fourth-order valence-electron chi connectivity index (χ4n) is 5.96. The summed E-state index contributed by atoms with van der Waals surface area (Å²) in [6.45, 7) is 9.02. The van der Waals surface area contributed by atoms with Crippen molar-refractivity contribution in [2.24, 2.45) is 11.8 Å². The lowest BCUT2D eigenvalue weighted by molar-refractivity contribution is -0.133. The van der Waals surface area contributed by atoms with Gasteiger partial charge in [-0.3, -0.25) is 24.0 Å². The van der Waals surface area contributed by atoms with Gasteiger partial charge in [0.05, 0.1) is 0 Å². The molecule has 0 aliphatic carbocycles. The summed E-state index contributed by atoms with van der Waals surface area (Å²) < 4.78 is 0. The van der Waals surface area contributed by atoms with E-state index in [9.17, 15) is 19.2 Å². The summed E-state index contributed by atoms with van der Waals surface area (Å²) in [6.07, 6.45) is 9.18. The SMILES string of the molecule is CC(C)[C@H]1NC(=O)[C@@H](C)NC(=O)CCCN(C(=O)CC[C@@H]2CCCN3CCCC[C@H]23)CCCNC1=O.O=CO. The maximum atomic E-state index is 13.2. The summed E-state index contributed by atoms with van der Waals surface area (Å²) in [7, 11) is 0. The molecule has 4 amide bonds. The minimum Gasteiger partial charge on any atom is -0.483 e. The average molecular weight is 552 g/mol. The van der Waals surface area contributed by atoms with E-state index < -0.39 is 12.1 Å². The molecule has 4 atom stereocenters. The summed E-state index contributed by atoms with van der Waals surface area (Å²) in [5.74, 6) is -0.182. The number of hydrogen-bond acceptors (Lipinski definition) is 6. The average Bonchev–Trinajstić information content (AvgIpc) is 2.91. The molecule has 3 rings (SSSR count). The third kappa shape index (κ3) is 10.8. The van der Waals surface area contributed by atoms with Crippen LogP contribution in [-0.4, -0.2) is 95.9 Å². The van der Waals surface area contributed by atoms with E-state index in [1.165, 1.54) is 45.2 Å². The Hall–Kier alpha value is -2.69. The molecule has 11 nitrogen and oxygen atoms in total. The van der Waals surface area contributed by atoms with Crippen LogP contribution in [0.15, 0.2) is 0 Å². The smallest absolute Gasteiger partial charge is 0.290 e. The van der Waals surface area contributed by atoms with Gasteiger partial charge in [0.2, 0.25) is 23.6 Å². The van der Waals surface area contributed by atoms with E-state index >= 15 is 0 Å². The van der Waals surface area contributed by atoms with Crippen LogP contribution in [0.1, 0.15) is 85.0 Å². The lowest BCUT2D eigenvalue weighted by atomic mass is 9.81. The topological polar surface area (TPSA) is 148 Å². The number of piperidine rings is 2. The van der Waals surface area contributed by atoms with E-state index in [1.807, 2.05) is 18.7 Å². The summed E-state index contributed by atoms with van der Waals surface area (Å²) in [4.78, 5) is 63.8. The molecule has 0 aromatic carbocycles. The Morgan fingerprint density at radius 2 is 1.67 bits per heavy atom. The third-order valence-electron chi connectivity index (χ3n) is 8.06. The van der Waals surface area contributed by atoms with Crippen LogP contribution < -0.4 is 16.0 Å². The summed E-state index contributed by atoms with van der Waals surface area (Å²) in [6, 6.07) is -0.770. The largest absolute Gasteiger partial charge is 0.483 e. The molecular formula is C28H49N5O6. The van der Waals surface area contributed by atoms with Crippen molar-refractivity contribution in [3.8, 4) is 0 Å². The first-order valence-electron chi connectivity index (χ1n) is 14.6.